The first-order valence-electron chi connectivity index (χ1n) is 9.73. The second-order valence-electron chi connectivity index (χ2n) is 7.18. The van der Waals surface area contributed by atoms with Crippen molar-refractivity contribution < 1.29 is 27.5 Å². The molecule has 0 saturated carbocycles. The summed E-state index contributed by atoms with van der Waals surface area (Å²) in [6, 6.07) is 16.3. The molecule has 0 amide bonds. The Bertz CT molecular complexity index is 999. The summed E-state index contributed by atoms with van der Waals surface area (Å²) in [7, 11) is 0. The smallest absolute Gasteiger partial charge is 0.475 e. The first-order chi connectivity index (χ1) is 14.7. The number of rotatable bonds is 4. The number of nitrogens with zero attached hydrogens (tertiary/aromatic N) is 1. The first kappa shape index (κ1) is 23.0. The average molecular weight is 454 g/mol. The molecule has 9 heteroatoms. The van der Waals surface area contributed by atoms with E-state index in [1.807, 2.05) is 12.1 Å². The lowest BCUT2D eigenvalue weighted by molar-refractivity contribution is -0.192. The predicted octanol–water partition coefficient (Wildman–Crippen LogP) is 5.43. The van der Waals surface area contributed by atoms with Gasteiger partial charge in [0.25, 0.3) is 0 Å². The number of piperidine rings is 1. The lowest BCUT2D eigenvalue weighted by Gasteiger charge is -2.36. The van der Waals surface area contributed by atoms with Crippen molar-refractivity contribution in [2.24, 2.45) is 0 Å². The van der Waals surface area contributed by atoms with Crippen LogP contribution in [-0.4, -0.2) is 36.4 Å². The van der Waals surface area contributed by atoms with Crippen LogP contribution in [0.25, 0.3) is 10.1 Å². The zero-order chi connectivity index (χ0) is 22.4. The molecule has 0 aliphatic carbocycles. The van der Waals surface area contributed by atoms with Crippen molar-refractivity contribution in [1.29, 1.82) is 0 Å². The largest absolute Gasteiger partial charge is 0.490 e. The maximum absolute atomic E-state index is 13.2. The van der Waals surface area contributed by atoms with Crippen LogP contribution in [0.3, 0.4) is 0 Å². The van der Waals surface area contributed by atoms with Gasteiger partial charge in [-0.1, -0.05) is 12.1 Å². The van der Waals surface area contributed by atoms with Crippen molar-refractivity contribution >= 4 is 33.1 Å². The van der Waals surface area contributed by atoms with E-state index in [0.717, 1.165) is 38.0 Å². The van der Waals surface area contributed by atoms with Crippen LogP contribution < -0.4 is 10.2 Å². The lowest BCUT2D eigenvalue weighted by Crippen LogP contribution is -2.43. The van der Waals surface area contributed by atoms with E-state index in [4.69, 9.17) is 9.90 Å². The molecule has 4 rings (SSSR count). The monoisotopic (exact) mass is 454 g/mol. The molecule has 1 fully saturated rings. The highest BCUT2D eigenvalue weighted by Gasteiger charge is 2.38. The minimum atomic E-state index is -5.08. The molecule has 1 aromatic heterocycles. The van der Waals surface area contributed by atoms with Crippen molar-refractivity contribution in [3.8, 4) is 0 Å². The lowest BCUT2D eigenvalue weighted by atomic mass is 10.0. The number of aliphatic carboxylic acids is 1. The van der Waals surface area contributed by atoms with E-state index in [2.05, 4.69) is 39.9 Å². The Balaban J connectivity index is 0.000000339. The Morgan fingerprint density at radius 2 is 1.74 bits per heavy atom. The molecule has 2 N–H and O–H groups in total. The maximum Gasteiger partial charge on any atom is 0.490 e. The summed E-state index contributed by atoms with van der Waals surface area (Å²) in [5, 5.41) is 14.0. The summed E-state index contributed by atoms with van der Waals surface area (Å²) >= 11 is 1.78. The second kappa shape index (κ2) is 10.1. The molecule has 2 heterocycles. The Labute approximate surface area is 181 Å². The first-order valence-corrected chi connectivity index (χ1v) is 10.6. The van der Waals surface area contributed by atoms with Crippen molar-refractivity contribution in [2.45, 2.75) is 31.6 Å². The number of thiophene rings is 1. The van der Waals surface area contributed by atoms with Gasteiger partial charge in [0, 0.05) is 23.0 Å². The van der Waals surface area contributed by atoms with Crippen LogP contribution in [0.15, 0.2) is 53.9 Å². The number of hydrogen-bond acceptors (Lipinski definition) is 4. The van der Waals surface area contributed by atoms with Crippen LogP contribution in [0.1, 0.15) is 18.4 Å². The molecule has 0 radical (unpaired) electrons. The summed E-state index contributed by atoms with van der Waals surface area (Å²) < 4.78 is 46.3. The molecule has 0 spiro atoms. The molecule has 4 nitrogen and oxygen atoms in total. The summed E-state index contributed by atoms with van der Waals surface area (Å²) in [4.78, 5) is 11.4. The average Bonchev–Trinajstić information content (AvgIpc) is 3.21. The molecular formula is C22H22F4N2O2S. The number of alkyl halides is 3. The molecule has 0 unspecified atom stereocenters. The van der Waals surface area contributed by atoms with Crippen LogP contribution in [0, 0.1) is 5.82 Å². The van der Waals surface area contributed by atoms with Crippen LogP contribution in [-0.2, 0) is 11.3 Å². The van der Waals surface area contributed by atoms with Gasteiger partial charge in [0.1, 0.15) is 5.82 Å². The van der Waals surface area contributed by atoms with E-state index in [1.54, 1.807) is 23.5 Å². The van der Waals surface area contributed by atoms with E-state index in [0.29, 0.717) is 6.04 Å². The van der Waals surface area contributed by atoms with Crippen molar-refractivity contribution in [2.75, 3.05) is 18.0 Å². The highest BCUT2D eigenvalue weighted by Crippen LogP contribution is 2.30. The van der Waals surface area contributed by atoms with Gasteiger partial charge >= 0.3 is 12.1 Å². The number of anilines is 1. The van der Waals surface area contributed by atoms with Gasteiger partial charge in [-0.2, -0.15) is 13.2 Å². The van der Waals surface area contributed by atoms with Crippen LogP contribution in [0.5, 0.6) is 0 Å². The maximum atomic E-state index is 13.2. The zero-order valence-electron chi connectivity index (χ0n) is 16.5. The number of nitrogens with one attached hydrogen (secondary N) is 1. The Hall–Kier alpha value is -2.65. The Kier molecular flexibility index (Phi) is 7.50. The van der Waals surface area contributed by atoms with Gasteiger partial charge in [-0.15, -0.1) is 11.3 Å². The molecule has 3 aromatic rings. The fourth-order valence-electron chi connectivity index (χ4n) is 3.47. The second-order valence-corrected chi connectivity index (χ2v) is 8.13. The fourth-order valence-corrected chi connectivity index (χ4v) is 4.24. The minimum absolute atomic E-state index is 0.174. The van der Waals surface area contributed by atoms with Crippen LogP contribution in [0.2, 0.25) is 0 Å². The minimum Gasteiger partial charge on any atom is -0.475 e. The number of carboxylic acids is 1. The highest BCUT2D eigenvalue weighted by molar-refractivity contribution is 7.17. The molecule has 2 aromatic carbocycles. The van der Waals surface area contributed by atoms with Crippen LogP contribution in [0.4, 0.5) is 23.2 Å². The third-order valence-corrected chi connectivity index (χ3v) is 5.92. The molecule has 1 saturated heterocycles. The van der Waals surface area contributed by atoms with Gasteiger partial charge in [-0.05, 0) is 78.7 Å². The number of hydrogen-bond donors (Lipinski definition) is 2. The summed E-state index contributed by atoms with van der Waals surface area (Å²) in [6.07, 6.45) is -2.80. The summed E-state index contributed by atoms with van der Waals surface area (Å²) in [5.74, 6) is -2.93. The van der Waals surface area contributed by atoms with Gasteiger partial charge in [0.05, 0.1) is 0 Å². The standard InChI is InChI=1S/C20H21FN2S.C2HF3O2/c21-17-3-1-15(2-4-17)14-23(18-7-10-22-11-8-18)19-5-6-20-16(13-19)9-12-24-20;3-2(4,5)1(6)7/h1-6,9,12-13,18,22H,7-8,10-11,14H2;(H,6,7). The third-order valence-electron chi connectivity index (χ3n) is 5.03. The molecule has 166 valence electrons. The number of halogens is 4. The Morgan fingerprint density at radius 3 is 2.35 bits per heavy atom. The number of carbonyl (C=O) groups is 1. The number of benzene rings is 2. The molecule has 31 heavy (non-hydrogen) atoms. The fraction of sp³-hybridized carbons (Fsp3) is 0.318. The zero-order valence-corrected chi connectivity index (χ0v) is 17.3. The topological polar surface area (TPSA) is 52.6 Å². The van der Waals surface area contributed by atoms with E-state index >= 15 is 0 Å². The normalized spacial score (nSPS) is 14.7. The molecule has 0 bridgehead atoms. The van der Waals surface area contributed by atoms with Crippen molar-refractivity contribution in [3.63, 3.8) is 0 Å². The van der Waals surface area contributed by atoms with E-state index in [1.165, 1.54) is 15.8 Å². The van der Waals surface area contributed by atoms with Gasteiger partial charge in [-0.25, -0.2) is 9.18 Å². The van der Waals surface area contributed by atoms with Gasteiger partial charge in [0.15, 0.2) is 0 Å². The van der Waals surface area contributed by atoms with Crippen molar-refractivity contribution in [3.05, 3.63) is 65.3 Å². The third kappa shape index (κ3) is 6.41. The highest BCUT2D eigenvalue weighted by atomic mass is 32.1. The van der Waals surface area contributed by atoms with Crippen molar-refractivity contribution in [1.82, 2.24) is 5.32 Å². The van der Waals surface area contributed by atoms with Gasteiger partial charge in [0.2, 0.25) is 0 Å². The van der Waals surface area contributed by atoms with Gasteiger partial charge in [-0.3, -0.25) is 0 Å². The van der Waals surface area contributed by atoms with Crippen LogP contribution >= 0.6 is 11.3 Å². The Morgan fingerprint density at radius 1 is 1.10 bits per heavy atom. The molecule has 1 aliphatic rings. The molecular weight excluding hydrogens is 432 g/mol. The summed E-state index contributed by atoms with van der Waals surface area (Å²) in [6.45, 7) is 2.94. The SMILES string of the molecule is Fc1ccc(CN(c2ccc3sccc3c2)C2CCNCC2)cc1.O=C(O)C(F)(F)F. The van der Waals surface area contributed by atoms with Gasteiger partial charge < -0.3 is 15.3 Å². The van der Waals surface area contributed by atoms with E-state index in [9.17, 15) is 17.6 Å². The molecule has 0 atom stereocenters. The molecule has 1 aliphatic heterocycles. The van der Waals surface area contributed by atoms with E-state index in [-0.39, 0.29) is 5.82 Å². The quantitative estimate of drug-likeness (QED) is 0.516. The number of carboxylic acid groups (broad SMARTS) is 1. The predicted molar refractivity (Wildman–Crippen MR) is 114 cm³/mol. The van der Waals surface area contributed by atoms with E-state index < -0.39 is 12.1 Å². The summed E-state index contributed by atoms with van der Waals surface area (Å²) in [5.41, 5.74) is 2.41. The number of fused-ring (bicyclic) bond motifs is 1.